The Morgan fingerprint density at radius 3 is 2.29 bits per heavy atom. The van der Waals surface area contributed by atoms with E-state index in [1.54, 1.807) is 0 Å². The average Bonchev–Trinajstić information content (AvgIpc) is 3.13. The number of hydrogen-bond acceptors (Lipinski definition) is 4. The molecule has 31 heavy (non-hydrogen) atoms. The third kappa shape index (κ3) is 5.21. The van der Waals surface area contributed by atoms with Gasteiger partial charge in [0.2, 0.25) is 0 Å². The molecule has 0 spiro atoms. The fourth-order valence-corrected chi connectivity index (χ4v) is 4.09. The number of carbonyl (C=O) groups excluding carboxylic acids is 1. The predicted octanol–water partition coefficient (Wildman–Crippen LogP) is 3.21. The molecule has 0 bridgehead atoms. The van der Waals surface area contributed by atoms with Crippen molar-refractivity contribution < 1.29 is 4.79 Å². The first kappa shape index (κ1) is 21.3. The van der Waals surface area contributed by atoms with E-state index in [1.165, 1.54) is 0 Å². The number of benzene rings is 2. The minimum Gasteiger partial charge on any atom is -0.344 e. The van der Waals surface area contributed by atoms with Gasteiger partial charge in [-0.15, -0.1) is 0 Å². The Labute approximate surface area is 184 Å². The van der Waals surface area contributed by atoms with Crippen molar-refractivity contribution in [1.82, 2.24) is 24.9 Å². The van der Waals surface area contributed by atoms with Gasteiger partial charge in [0.05, 0.1) is 17.4 Å². The number of amides is 1. The standard InChI is InChI=1S/C25H31N5O/c1-19-17-20(2)30(27-19)23-11-9-22(10-12-23)25(31)26-24(21-7-5-4-6-8-21)18-29-15-13-28(3)14-16-29/h4-12,17,24H,13-16,18H2,1-3H3,(H,26,31). The number of carbonyl (C=O) groups is 1. The lowest BCUT2D eigenvalue weighted by molar-refractivity contribution is 0.0907. The molecule has 162 valence electrons. The van der Waals surface area contributed by atoms with E-state index in [2.05, 4.69) is 39.4 Å². The molecule has 2 aromatic carbocycles. The van der Waals surface area contributed by atoms with E-state index < -0.39 is 0 Å². The van der Waals surface area contributed by atoms with E-state index in [4.69, 9.17) is 0 Å². The highest BCUT2D eigenvalue weighted by Gasteiger charge is 2.21. The highest BCUT2D eigenvalue weighted by Crippen LogP contribution is 2.18. The molecule has 2 heterocycles. The van der Waals surface area contributed by atoms with Crippen molar-refractivity contribution in [3.05, 3.63) is 83.2 Å². The van der Waals surface area contributed by atoms with Gasteiger partial charge in [-0.05, 0) is 56.8 Å². The lowest BCUT2D eigenvalue weighted by Gasteiger charge is -2.35. The molecule has 1 aliphatic rings. The second kappa shape index (κ2) is 9.45. The topological polar surface area (TPSA) is 53.4 Å². The van der Waals surface area contributed by atoms with Crippen LogP contribution in [0.15, 0.2) is 60.7 Å². The first-order valence-electron chi connectivity index (χ1n) is 10.9. The molecular formula is C25H31N5O. The minimum atomic E-state index is -0.0529. The maximum atomic E-state index is 13.1. The van der Waals surface area contributed by atoms with Gasteiger partial charge < -0.3 is 10.2 Å². The van der Waals surface area contributed by atoms with Gasteiger partial charge in [0.25, 0.3) is 5.91 Å². The van der Waals surface area contributed by atoms with Crippen LogP contribution >= 0.6 is 0 Å². The van der Waals surface area contributed by atoms with Crippen LogP contribution in [0.25, 0.3) is 5.69 Å². The van der Waals surface area contributed by atoms with Crippen molar-refractivity contribution in [1.29, 1.82) is 0 Å². The molecule has 1 atom stereocenters. The Morgan fingerprint density at radius 1 is 1.00 bits per heavy atom. The van der Waals surface area contributed by atoms with Crippen molar-refractivity contribution in [2.45, 2.75) is 19.9 Å². The summed E-state index contributed by atoms with van der Waals surface area (Å²) in [5.41, 5.74) is 4.80. The van der Waals surface area contributed by atoms with Gasteiger partial charge in [-0.2, -0.15) is 5.10 Å². The summed E-state index contributed by atoms with van der Waals surface area (Å²) in [7, 11) is 2.16. The Hall–Kier alpha value is -2.96. The molecule has 0 saturated carbocycles. The molecule has 1 fully saturated rings. The zero-order valence-electron chi connectivity index (χ0n) is 18.6. The molecule has 1 amide bonds. The van der Waals surface area contributed by atoms with Gasteiger partial charge in [0, 0.05) is 44.0 Å². The number of rotatable bonds is 6. The average molecular weight is 418 g/mol. The fraction of sp³-hybridized carbons (Fsp3) is 0.360. The summed E-state index contributed by atoms with van der Waals surface area (Å²) in [6.45, 7) is 8.98. The third-order valence-electron chi connectivity index (χ3n) is 5.93. The summed E-state index contributed by atoms with van der Waals surface area (Å²) in [6.07, 6.45) is 0. The first-order valence-corrected chi connectivity index (χ1v) is 10.9. The number of nitrogens with zero attached hydrogens (tertiary/aromatic N) is 4. The van der Waals surface area contributed by atoms with Crippen LogP contribution in [0.3, 0.4) is 0 Å². The van der Waals surface area contributed by atoms with Crippen molar-refractivity contribution in [3.8, 4) is 5.69 Å². The summed E-state index contributed by atoms with van der Waals surface area (Å²) in [5, 5.41) is 7.79. The Bertz CT molecular complexity index is 1000. The molecule has 6 heteroatoms. The van der Waals surface area contributed by atoms with Crippen molar-refractivity contribution in [3.63, 3.8) is 0 Å². The number of aryl methyl sites for hydroxylation is 2. The Kier molecular flexibility index (Phi) is 6.49. The van der Waals surface area contributed by atoms with Crippen LogP contribution in [-0.2, 0) is 0 Å². The summed E-state index contributed by atoms with van der Waals surface area (Å²) in [4.78, 5) is 17.9. The zero-order valence-corrected chi connectivity index (χ0v) is 18.6. The van der Waals surface area contributed by atoms with E-state index in [0.717, 1.165) is 55.4 Å². The molecule has 1 aliphatic heterocycles. The largest absolute Gasteiger partial charge is 0.344 e. The van der Waals surface area contributed by atoms with Gasteiger partial charge in [0.1, 0.15) is 0 Å². The molecular weight excluding hydrogens is 386 g/mol. The van der Waals surface area contributed by atoms with E-state index in [-0.39, 0.29) is 11.9 Å². The molecule has 1 N–H and O–H groups in total. The number of likely N-dealkylation sites (N-methyl/N-ethyl adjacent to an activating group) is 1. The minimum absolute atomic E-state index is 0.0483. The second-order valence-corrected chi connectivity index (χ2v) is 8.43. The van der Waals surface area contributed by atoms with Gasteiger partial charge in [0.15, 0.2) is 0 Å². The number of aromatic nitrogens is 2. The maximum absolute atomic E-state index is 13.1. The van der Waals surface area contributed by atoms with Crippen LogP contribution in [0.1, 0.15) is 33.4 Å². The fourth-order valence-electron chi connectivity index (χ4n) is 4.09. The van der Waals surface area contributed by atoms with Crippen molar-refractivity contribution >= 4 is 5.91 Å². The monoisotopic (exact) mass is 417 g/mol. The highest BCUT2D eigenvalue weighted by molar-refractivity contribution is 5.94. The summed E-state index contributed by atoms with van der Waals surface area (Å²) in [6, 6.07) is 19.9. The molecule has 4 rings (SSSR count). The van der Waals surface area contributed by atoms with E-state index in [1.807, 2.05) is 67.1 Å². The molecule has 1 saturated heterocycles. The molecule has 3 aromatic rings. The van der Waals surface area contributed by atoms with Crippen LogP contribution in [-0.4, -0.2) is 65.3 Å². The molecule has 0 aliphatic carbocycles. The van der Waals surface area contributed by atoms with E-state index in [0.29, 0.717) is 5.56 Å². The van der Waals surface area contributed by atoms with Crippen LogP contribution in [0.4, 0.5) is 0 Å². The van der Waals surface area contributed by atoms with Gasteiger partial charge in [-0.25, -0.2) is 4.68 Å². The van der Waals surface area contributed by atoms with Crippen molar-refractivity contribution in [2.24, 2.45) is 0 Å². The summed E-state index contributed by atoms with van der Waals surface area (Å²) < 4.78 is 1.90. The highest BCUT2D eigenvalue weighted by atomic mass is 16.1. The second-order valence-electron chi connectivity index (χ2n) is 8.43. The summed E-state index contributed by atoms with van der Waals surface area (Å²) in [5.74, 6) is -0.0529. The molecule has 1 aromatic heterocycles. The van der Waals surface area contributed by atoms with Gasteiger partial charge in [-0.3, -0.25) is 9.69 Å². The molecule has 0 radical (unpaired) electrons. The molecule has 1 unspecified atom stereocenters. The Morgan fingerprint density at radius 2 is 1.68 bits per heavy atom. The van der Waals surface area contributed by atoms with Crippen molar-refractivity contribution in [2.75, 3.05) is 39.8 Å². The van der Waals surface area contributed by atoms with Crippen LogP contribution in [0.5, 0.6) is 0 Å². The van der Waals surface area contributed by atoms with E-state index in [9.17, 15) is 4.79 Å². The van der Waals surface area contributed by atoms with Crippen LogP contribution in [0, 0.1) is 13.8 Å². The van der Waals surface area contributed by atoms with Crippen LogP contribution < -0.4 is 5.32 Å². The lowest BCUT2D eigenvalue weighted by atomic mass is 10.0. The van der Waals surface area contributed by atoms with Gasteiger partial charge >= 0.3 is 0 Å². The number of hydrogen-bond donors (Lipinski definition) is 1. The molecule has 6 nitrogen and oxygen atoms in total. The maximum Gasteiger partial charge on any atom is 0.251 e. The Balaban J connectivity index is 1.48. The SMILES string of the molecule is Cc1cc(C)n(-c2ccc(C(=O)NC(CN3CCN(C)CC3)c3ccccc3)cc2)n1. The number of piperazine rings is 1. The normalized spacial score (nSPS) is 16.2. The quantitative estimate of drug-likeness (QED) is 0.669. The number of nitrogens with one attached hydrogen (secondary N) is 1. The predicted molar refractivity (Wildman–Crippen MR) is 124 cm³/mol. The summed E-state index contributed by atoms with van der Waals surface area (Å²) >= 11 is 0. The lowest BCUT2D eigenvalue weighted by Crippen LogP contribution is -2.47. The van der Waals surface area contributed by atoms with Gasteiger partial charge in [-0.1, -0.05) is 30.3 Å². The third-order valence-corrected chi connectivity index (χ3v) is 5.93. The first-order chi connectivity index (χ1) is 15.0. The van der Waals surface area contributed by atoms with Crippen LogP contribution in [0.2, 0.25) is 0 Å². The smallest absolute Gasteiger partial charge is 0.251 e. The zero-order chi connectivity index (χ0) is 21.8. The van der Waals surface area contributed by atoms with E-state index >= 15 is 0 Å².